The molecule has 0 aliphatic carbocycles. The molecule has 5 nitrogen and oxygen atoms in total. The van der Waals surface area contributed by atoms with Crippen LogP contribution in [0.2, 0.25) is 0 Å². The molecule has 130 valence electrons. The summed E-state index contributed by atoms with van der Waals surface area (Å²) >= 11 is 0. The molecule has 3 aromatic rings. The number of rotatable bonds is 2. The molecule has 0 saturated carbocycles. The summed E-state index contributed by atoms with van der Waals surface area (Å²) in [6.45, 7) is 1.81. The van der Waals surface area contributed by atoms with E-state index >= 15 is 0 Å². The number of hydrogen-bond donors (Lipinski definition) is 1. The van der Waals surface area contributed by atoms with Gasteiger partial charge in [0.15, 0.2) is 0 Å². The van der Waals surface area contributed by atoms with Crippen LogP contribution in [0.5, 0.6) is 0 Å². The zero-order chi connectivity index (χ0) is 17.8. The molecule has 1 N–H and O–H groups in total. The highest BCUT2D eigenvalue weighted by molar-refractivity contribution is 6.06. The standard InChI is InChI=1S/C21H20N4O/c26-20(16-7-2-1-3-8-16)24-21(25-13-4-5-14-25)23-18-10-11-19-17(15-18)9-6-12-22-19/h1-3,6-12,15H,4-5,13-14H2,(H,23,24,26). The fourth-order valence-corrected chi connectivity index (χ4v) is 3.12. The lowest BCUT2D eigenvalue weighted by molar-refractivity contribution is 0.0973. The van der Waals surface area contributed by atoms with E-state index < -0.39 is 0 Å². The summed E-state index contributed by atoms with van der Waals surface area (Å²) in [6, 6.07) is 19.0. The first kappa shape index (κ1) is 16.3. The van der Waals surface area contributed by atoms with Crippen LogP contribution >= 0.6 is 0 Å². The van der Waals surface area contributed by atoms with Crippen LogP contribution in [0.1, 0.15) is 23.2 Å². The molecule has 5 heteroatoms. The van der Waals surface area contributed by atoms with Crippen LogP contribution in [0.15, 0.2) is 71.9 Å². The number of hydrogen-bond acceptors (Lipinski definition) is 3. The van der Waals surface area contributed by atoms with Crippen LogP contribution in [0.25, 0.3) is 10.9 Å². The Hall–Kier alpha value is -3.21. The van der Waals surface area contributed by atoms with Gasteiger partial charge in [-0.3, -0.25) is 15.1 Å². The molecule has 0 radical (unpaired) electrons. The van der Waals surface area contributed by atoms with Crippen LogP contribution in [0.3, 0.4) is 0 Å². The number of aliphatic imine (C=N–C) groups is 1. The zero-order valence-electron chi connectivity index (χ0n) is 14.4. The number of nitrogens with one attached hydrogen (secondary N) is 1. The Morgan fingerprint density at radius 1 is 1.00 bits per heavy atom. The van der Waals surface area contributed by atoms with Crippen LogP contribution < -0.4 is 5.32 Å². The molecule has 1 saturated heterocycles. The van der Waals surface area contributed by atoms with E-state index in [4.69, 9.17) is 4.99 Å². The van der Waals surface area contributed by atoms with Gasteiger partial charge in [-0.25, -0.2) is 4.99 Å². The molecular weight excluding hydrogens is 324 g/mol. The largest absolute Gasteiger partial charge is 0.342 e. The van der Waals surface area contributed by atoms with E-state index in [1.54, 1.807) is 18.3 Å². The lowest BCUT2D eigenvalue weighted by atomic mass is 10.2. The molecule has 1 aromatic heterocycles. The molecule has 1 amide bonds. The Bertz CT molecular complexity index is 946. The van der Waals surface area contributed by atoms with Crippen molar-refractivity contribution in [3.05, 3.63) is 72.4 Å². The third-order valence-corrected chi connectivity index (χ3v) is 4.49. The number of aromatic nitrogens is 1. The third-order valence-electron chi connectivity index (χ3n) is 4.49. The molecule has 0 atom stereocenters. The van der Waals surface area contributed by atoms with Crippen molar-refractivity contribution in [2.24, 2.45) is 4.99 Å². The van der Waals surface area contributed by atoms with Crippen molar-refractivity contribution in [1.29, 1.82) is 0 Å². The normalized spacial score (nSPS) is 14.6. The number of nitrogens with zero attached hydrogens (tertiary/aromatic N) is 3. The number of fused-ring (bicyclic) bond motifs is 1. The maximum absolute atomic E-state index is 12.6. The number of carbonyl (C=O) groups is 1. The van der Waals surface area contributed by atoms with E-state index in [0.29, 0.717) is 11.5 Å². The zero-order valence-corrected chi connectivity index (χ0v) is 14.4. The minimum atomic E-state index is -0.140. The molecule has 1 fully saturated rings. The van der Waals surface area contributed by atoms with E-state index in [0.717, 1.165) is 42.5 Å². The van der Waals surface area contributed by atoms with E-state index in [2.05, 4.69) is 15.2 Å². The van der Waals surface area contributed by atoms with Crippen molar-refractivity contribution in [1.82, 2.24) is 15.2 Å². The fourth-order valence-electron chi connectivity index (χ4n) is 3.12. The fraction of sp³-hybridized carbons (Fsp3) is 0.190. The highest BCUT2D eigenvalue weighted by Crippen LogP contribution is 2.20. The predicted octanol–water partition coefficient (Wildman–Crippen LogP) is 3.75. The Kier molecular flexibility index (Phi) is 4.60. The third kappa shape index (κ3) is 3.57. The van der Waals surface area contributed by atoms with E-state index in [9.17, 15) is 4.79 Å². The van der Waals surface area contributed by atoms with Gasteiger partial charge < -0.3 is 4.90 Å². The molecular formula is C21H20N4O. The summed E-state index contributed by atoms with van der Waals surface area (Å²) in [7, 11) is 0. The number of likely N-dealkylation sites (tertiary alicyclic amines) is 1. The molecule has 1 aliphatic heterocycles. The number of guanidine groups is 1. The van der Waals surface area contributed by atoms with E-state index in [1.807, 2.05) is 48.5 Å². The maximum Gasteiger partial charge on any atom is 0.257 e. The van der Waals surface area contributed by atoms with Crippen LogP contribution in [-0.4, -0.2) is 34.8 Å². The minimum absolute atomic E-state index is 0.140. The monoisotopic (exact) mass is 344 g/mol. The smallest absolute Gasteiger partial charge is 0.257 e. The van der Waals surface area contributed by atoms with Gasteiger partial charge in [-0.1, -0.05) is 24.3 Å². The Morgan fingerprint density at radius 2 is 1.81 bits per heavy atom. The number of pyridine rings is 1. The summed E-state index contributed by atoms with van der Waals surface area (Å²) in [5.74, 6) is 0.471. The first-order chi connectivity index (χ1) is 12.8. The summed E-state index contributed by atoms with van der Waals surface area (Å²) < 4.78 is 0. The maximum atomic E-state index is 12.6. The summed E-state index contributed by atoms with van der Waals surface area (Å²) in [6.07, 6.45) is 4.00. The van der Waals surface area contributed by atoms with Crippen molar-refractivity contribution in [2.75, 3.05) is 13.1 Å². The highest BCUT2D eigenvalue weighted by atomic mass is 16.1. The first-order valence-corrected chi connectivity index (χ1v) is 8.84. The van der Waals surface area contributed by atoms with Gasteiger partial charge in [-0.15, -0.1) is 0 Å². The average molecular weight is 344 g/mol. The van der Waals surface area contributed by atoms with Gasteiger partial charge in [0.2, 0.25) is 5.96 Å². The summed E-state index contributed by atoms with van der Waals surface area (Å²) in [4.78, 5) is 23.8. The first-order valence-electron chi connectivity index (χ1n) is 8.84. The van der Waals surface area contributed by atoms with Crippen molar-refractivity contribution in [2.45, 2.75) is 12.8 Å². The SMILES string of the molecule is O=C(NC(=Nc1ccc2ncccc2c1)N1CCCC1)c1ccccc1. The number of amides is 1. The number of benzene rings is 2. The lowest BCUT2D eigenvalue weighted by Crippen LogP contribution is -2.42. The van der Waals surface area contributed by atoms with Gasteiger partial charge in [0.25, 0.3) is 5.91 Å². The van der Waals surface area contributed by atoms with Crippen molar-refractivity contribution in [3.8, 4) is 0 Å². The highest BCUT2D eigenvalue weighted by Gasteiger charge is 2.19. The van der Waals surface area contributed by atoms with E-state index in [-0.39, 0.29) is 5.91 Å². The van der Waals surface area contributed by atoms with Crippen molar-refractivity contribution in [3.63, 3.8) is 0 Å². The summed E-state index contributed by atoms with van der Waals surface area (Å²) in [5.41, 5.74) is 2.37. The van der Waals surface area contributed by atoms with Gasteiger partial charge in [0, 0.05) is 30.2 Å². The topological polar surface area (TPSA) is 57.6 Å². The molecule has 0 bridgehead atoms. The lowest BCUT2D eigenvalue weighted by Gasteiger charge is -2.20. The quantitative estimate of drug-likeness (QED) is 0.569. The van der Waals surface area contributed by atoms with Crippen molar-refractivity contribution >= 4 is 28.5 Å². The second kappa shape index (κ2) is 7.35. The second-order valence-electron chi connectivity index (χ2n) is 6.33. The van der Waals surface area contributed by atoms with Crippen LogP contribution in [-0.2, 0) is 0 Å². The van der Waals surface area contributed by atoms with Gasteiger partial charge in [0.05, 0.1) is 11.2 Å². The van der Waals surface area contributed by atoms with Crippen molar-refractivity contribution < 1.29 is 4.79 Å². The molecule has 2 heterocycles. The van der Waals surface area contributed by atoms with E-state index in [1.165, 1.54) is 0 Å². The molecule has 26 heavy (non-hydrogen) atoms. The van der Waals surface area contributed by atoms with Gasteiger partial charge in [-0.05, 0) is 49.2 Å². The average Bonchev–Trinajstić information content (AvgIpc) is 3.23. The predicted molar refractivity (Wildman–Crippen MR) is 104 cm³/mol. The van der Waals surface area contributed by atoms with Gasteiger partial charge >= 0.3 is 0 Å². The van der Waals surface area contributed by atoms with Crippen LogP contribution in [0.4, 0.5) is 5.69 Å². The molecule has 4 rings (SSSR count). The molecule has 0 spiro atoms. The molecule has 1 aliphatic rings. The second-order valence-corrected chi connectivity index (χ2v) is 6.33. The molecule has 0 unspecified atom stereocenters. The number of carbonyl (C=O) groups excluding carboxylic acids is 1. The molecule has 2 aromatic carbocycles. The van der Waals surface area contributed by atoms with Crippen LogP contribution in [0, 0.1) is 0 Å². The summed E-state index contributed by atoms with van der Waals surface area (Å²) in [5, 5.41) is 4.02. The van der Waals surface area contributed by atoms with Gasteiger partial charge in [-0.2, -0.15) is 0 Å². The Balaban J connectivity index is 1.65. The Morgan fingerprint density at radius 3 is 2.62 bits per heavy atom. The Labute approximate surface area is 152 Å². The minimum Gasteiger partial charge on any atom is -0.342 e. The van der Waals surface area contributed by atoms with Gasteiger partial charge in [0.1, 0.15) is 0 Å².